The number of benzene rings is 2. The minimum atomic E-state index is 0.602. The lowest BCUT2D eigenvalue weighted by atomic mass is 10.1. The quantitative estimate of drug-likeness (QED) is 0.675. The molecule has 1 heterocycles. The third-order valence-corrected chi connectivity index (χ3v) is 3.75. The van der Waals surface area contributed by atoms with Gasteiger partial charge in [-0.2, -0.15) is 0 Å². The molecule has 3 heteroatoms. The van der Waals surface area contributed by atoms with E-state index in [0.29, 0.717) is 6.61 Å². The highest BCUT2D eigenvalue weighted by Crippen LogP contribution is 2.25. The molecule has 0 aliphatic rings. The Kier molecular flexibility index (Phi) is 4.07. The Morgan fingerprint density at radius 2 is 1.90 bits per heavy atom. The van der Waals surface area contributed by atoms with Gasteiger partial charge in [0.2, 0.25) is 0 Å². The first-order chi connectivity index (χ1) is 9.86. The summed E-state index contributed by atoms with van der Waals surface area (Å²) in [6.45, 7) is 0.602. The minimum Gasteiger partial charge on any atom is -0.489 e. The van der Waals surface area contributed by atoms with Gasteiger partial charge in [-0.1, -0.05) is 46.3 Å². The summed E-state index contributed by atoms with van der Waals surface area (Å²) in [5.41, 5.74) is 3.66. The maximum absolute atomic E-state index is 5.88. The molecule has 3 aromatic rings. The van der Waals surface area contributed by atoms with E-state index in [1.165, 1.54) is 16.5 Å². The van der Waals surface area contributed by atoms with Gasteiger partial charge >= 0.3 is 0 Å². The van der Waals surface area contributed by atoms with Crippen LogP contribution in [0.15, 0.2) is 54.7 Å². The van der Waals surface area contributed by atoms with Crippen LogP contribution in [0.5, 0.6) is 5.75 Å². The van der Waals surface area contributed by atoms with Crippen LogP contribution in [0.2, 0.25) is 0 Å². The van der Waals surface area contributed by atoms with Crippen molar-refractivity contribution in [2.24, 2.45) is 0 Å². The van der Waals surface area contributed by atoms with Crippen LogP contribution in [-0.2, 0) is 13.0 Å². The second-order valence-electron chi connectivity index (χ2n) is 4.73. The summed E-state index contributed by atoms with van der Waals surface area (Å²) in [5, 5.41) is 2.21. The first-order valence-corrected chi connectivity index (χ1v) is 7.81. The van der Waals surface area contributed by atoms with Crippen LogP contribution in [0.25, 0.3) is 10.9 Å². The summed E-state index contributed by atoms with van der Waals surface area (Å²) in [7, 11) is 0. The fourth-order valence-electron chi connectivity index (χ4n) is 2.30. The molecule has 1 N–H and O–H groups in total. The Labute approximate surface area is 126 Å². The lowest BCUT2D eigenvalue weighted by molar-refractivity contribution is 0.306. The zero-order valence-electron chi connectivity index (χ0n) is 11.1. The lowest BCUT2D eigenvalue weighted by Crippen LogP contribution is -1.94. The molecule has 0 atom stereocenters. The average molecular weight is 330 g/mol. The molecule has 0 saturated carbocycles. The largest absolute Gasteiger partial charge is 0.489 e. The van der Waals surface area contributed by atoms with Crippen molar-refractivity contribution in [3.8, 4) is 5.75 Å². The molecule has 0 aliphatic carbocycles. The molecule has 0 unspecified atom stereocenters. The molecule has 102 valence electrons. The SMILES string of the molecule is BrCCc1c[nH]c2ccc(OCc3ccccc3)cc12. The molecule has 0 radical (unpaired) electrons. The number of H-pyrrole nitrogens is 1. The number of hydrogen-bond acceptors (Lipinski definition) is 1. The third kappa shape index (κ3) is 2.88. The van der Waals surface area contributed by atoms with Crippen molar-refractivity contribution in [2.45, 2.75) is 13.0 Å². The molecular formula is C17H16BrNO. The third-order valence-electron chi connectivity index (χ3n) is 3.35. The Hall–Kier alpha value is -1.74. The topological polar surface area (TPSA) is 25.0 Å². The number of alkyl halides is 1. The summed E-state index contributed by atoms with van der Waals surface area (Å²) in [4.78, 5) is 3.30. The first kappa shape index (κ1) is 13.3. The summed E-state index contributed by atoms with van der Waals surface area (Å²) in [6, 6.07) is 16.4. The monoisotopic (exact) mass is 329 g/mol. The number of aromatic amines is 1. The summed E-state index contributed by atoms with van der Waals surface area (Å²) >= 11 is 3.49. The molecule has 0 saturated heterocycles. The van der Waals surface area contributed by atoms with Gasteiger partial charge in [0.05, 0.1) is 0 Å². The molecule has 2 nitrogen and oxygen atoms in total. The van der Waals surface area contributed by atoms with E-state index in [-0.39, 0.29) is 0 Å². The van der Waals surface area contributed by atoms with Crippen molar-refractivity contribution >= 4 is 26.8 Å². The zero-order valence-corrected chi connectivity index (χ0v) is 12.7. The zero-order chi connectivity index (χ0) is 13.8. The van der Waals surface area contributed by atoms with Gasteiger partial charge in [0.1, 0.15) is 12.4 Å². The number of rotatable bonds is 5. The smallest absolute Gasteiger partial charge is 0.120 e. The number of halogens is 1. The number of aromatic nitrogens is 1. The lowest BCUT2D eigenvalue weighted by Gasteiger charge is -2.07. The first-order valence-electron chi connectivity index (χ1n) is 6.69. The number of nitrogens with one attached hydrogen (secondary N) is 1. The van der Waals surface area contributed by atoms with E-state index < -0.39 is 0 Å². The molecule has 0 spiro atoms. The summed E-state index contributed by atoms with van der Waals surface area (Å²) in [6.07, 6.45) is 3.09. The Morgan fingerprint density at radius 3 is 2.70 bits per heavy atom. The van der Waals surface area contributed by atoms with E-state index in [1.807, 2.05) is 24.3 Å². The van der Waals surface area contributed by atoms with Crippen LogP contribution in [0.1, 0.15) is 11.1 Å². The summed E-state index contributed by atoms with van der Waals surface area (Å²) in [5.74, 6) is 0.914. The highest BCUT2D eigenvalue weighted by atomic mass is 79.9. The fourth-order valence-corrected chi connectivity index (χ4v) is 2.72. The molecule has 0 amide bonds. The fraction of sp³-hybridized carbons (Fsp3) is 0.176. The van der Waals surface area contributed by atoms with Gasteiger partial charge in [-0.3, -0.25) is 0 Å². The van der Waals surface area contributed by atoms with Gasteiger partial charge in [0.15, 0.2) is 0 Å². The number of fused-ring (bicyclic) bond motifs is 1. The van der Waals surface area contributed by atoms with Crippen molar-refractivity contribution in [3.05, 3.63) is 65.9 Å². The molecule has 3 rings (SSSR count). The van der Waals surface area contributed by atoms with Crippen molar-refractivity contribution in [2.75, 3.05) is 5.33 Å². The Balaban J connectivity index is 1.79. The van der Waals surface area contributed by atoms with E-state index in [1.54, 1.807) is 0 Å². The molecule has 20 heavy (non-hydrogen) atoms. The van der Waals surface area contributed by atoms with Gasteiger partial charge in [0, 0.05) is 22.4 Å². The highest BCUT2D eigenvalue weighted by molar-refractivity contribution is 9.09. The van der Waals surface area contributed by atoms with Crippen LogP contribution in [0, 0.1) is 0 Å². The van der Waals surface area contributed by atoms with Crippen molar-refractivity contribution < 1.29 is 4.74 Å². The van der Waals surface area contributed by atoms with E-state index >= 15 is 0 Å². The average Bonchev–Trinajstić information content (AvgIpc) is 2.89. The second kappa shape index (κ2) is 6.14. The molecular weight excluding hydrogens is 314 g/mol. The molecule has 0 fully saturated rings. The maximum Gasteiger partial charge on any atom is 0.120 e. The molecule has 1 aromatic heterocycles. The van der Waals surface area contributed by atoms with Crippen LogP contribution in [0.3, 0.4) is 0 Å². The van der Waals surface area contributed by atoms with Crippen LogP contribution < -0.4 is 4.74 Å². The van der Waals surface area contributed by atoms with Crippen LogP contribution in [-0.4, -0.2) is 10.3 Å². The standard InChI is InChI=1S/C17H16BrNO/c18-9-8-14-11-19-17-7-6-15(10-16(14)17)20-12-13-4-2-1-3-5-13/h1-7,10-11,19H,8-9,12H2. The van der Waals surface area contributed by atoms with Gasteiger partial charge in [-0.05, 0) is 35.7 Å². The normalized spacial score (nSPS) is 10.8. The maximum atomic E-state index is 5.88. The minimum absolute atomic E-state index is 0.602. The van der Waals surface area contributed by atoms with E-state index in [4.69, 9.17) is 4.74 Å². The van der Waals surface area contributed by atoms with Crippen LogP contribution in [0.4, 0.5) is 0 Å². The van der Waals surface area contributed by atoms with Gasteiger partial charge in [0.25, 0.3) is 0 Å². The molecule has 0 aliphatic heterocycles. The molecule has 2 aromatic carbocycles. The predicted octanol–water partition coefficient (Wildman–Crippen LogP) is 4.68. The second-order valence-corrected chi connectivity index (χ2v) is 5.53. The van der Waals surface area contributed by atoms with E-state index in [9.17, 15) is 0 Å². The van der Waals surface area contributed by atoms with Gasteiger partial charge in [-0.25, -0.2) is 0 Å². The number of aryl methyl sites for hydroxylation is 1. The van der Waals surface area contributed by atoms with Gasteiger partial charge in [-0.15, -0.1) is 0 Å². The van der Waals surface area contributed by atoms with Gasteiger partial charge < -0.3 is 9.72 Å². The van der Waals surface area contributed by atoms with Crippen LogP contribution >= 0.6 is 15.9 Å². The van der Waals surface area contributed by atoms with E-state index in [2.05, 4.69) is 51.4 Å². The van der Waals surface area contributed by atoms with Crippen molar-refractivity contribution in [3.63, 3.8) is 0 Å². The van der Waals surface area contributed by atoms with E-state index in [0.717, 1.165) is 23.0 Å². The van der Waals surface area contributed by atoms with Crippen molar-refractivity contribution in [1.82, 2.24) is 4.98 Å². The summed E-state index contributed by atoms with van der Waals surface area (Å²) < 4.78 is 5.88. The Morgan fingerprint density at radius 1 is 1.05 bits per heavy atom. The number of ether oxygens (including phenoxy) is 1. The molecule has 0 bridgehead atoms. The van der Waals surface area contributed by atoms with Crippen molar-refractivity contribution in [1.29, 1.82) is 0 Å². The highest BCUT2D eigenvalue weighted by Gasteiger charge is 2.05. The number of hydrogen-bond donors (Lipinski definition) is 1. The predicted molar refractivity (Wildman–Crippen MR) is 86.6 cm³/mol. The Bertz CT molecular complexity index is 691.